The maximum absolute atomic E-state index is 4.46. The molecule has 0 spiro atoms. The maximum atomic E-state index is 4.46. The molecule has 3 heteroatoms. The molecule has 1 aromatic heterocycles. The van der Waals surface area contributed by atoms with E-state index in [9.17, 15) is 0 Å². The Labute approximate surface area is 128 Å². The first-order valence-corrected chi connectivity index (χ1v) is 7.48. The molecule has 0 saturated carbocycles. The second-order valence-corrected chi connectivity index (χ2v) is 6.62. The molecule has 0 aliphatic carbocycles. The van der Waals surface area contributed by atoms with Crippen molar-refractivity contribution >= 4 is 27.2 Å². The molecule has 102 valence electrons. The van der Waals surface area contributed by atoms with Crippen molar-refractivity contribution in [3.8, 4) is 11.3 Å². The number of hydrogen-bond donors (Lipinski definition) is 1. The average molecular weight is 329 g/mol. The Hall–Kier alpha value is -1.61. The Bertz CT molecular complexity index is 702. The number of nitrogens with zero attached hydrogens (tertiary/aromatic N) is 1. The van der Waals surface area contributed by atoms with Crippen molar-refractivity contribution in [2.45, 2.75) is 26.3 Å². The maximum Gasteiger partial charge on any atom is 0.0844 e. The molecule has 1 aromatic carbocycles. The molecule has 2 heterocycles. The van der Waals surface area contributed by atoms with Crippen LogP contribution in [0.2, 0.25) is 0 Å². The van der Waals surface area contributed by atoms with E-state index in [0.717, 1.165) is 15.7 Å². The zero-order valence-electron chi connectivity index (χ0n) is 11.9. The molecule has 1 aliphatic heterocycles. The Balaban J connectivity index is 2.12. The van der Waals surface area contributed by atoms with Gasteiger partial charge in [0.25, 0.3) is 0 Å². The van der Waals surface area contributed by atoms with Crippen LogP contribution in [0.25, 0.3) is 16.8 Å². The summed E-state index contributed by atoms with van der Waals surface area (Å²) in [5.41, 5.74) is 5.85. The van der Waals surface area contributed by atoms with Crippen LogP contribution < -0.4 is 5.32 Å². The molecule has 0 radical (unpaired) electrons. The van der Waals surface area contributed by atoms with Gasteiger partial charge in [0.1, 0.15) is 0 Å². The van der Waals surface area contributed by atoms with Gasteiger partial charge in [-0.3, -0.25) is 4.98 Å². The minimum atomic E-state index is 0.00415. The van der Waals surface area contributed by atoms with E-state index in [0.29, 0.717) is 0 Å². The molecule has 20 heavy (non-hydrogen) atoms. The van der Waals surface area contributed by atoms with Gasteiger partial charge in [-0.1, -0.05) is 12.1 Å². The van der Waals surface area contributed by atoms with Crippen molar-refractivity contribution < 1.29 is 0 Å². The molecule has 2 nitrogen and oxygen atoms in total. The number of aromatic nitrogens is 1. The summed E-state index contributed by atoms with van der Waals surface area (Å²) in [6, 6.07) is 10.4. The third-order valence-electron chi connectivity index (χ3n) is 3.51. The Kier molecular flexibility index (Phi) is 3.17. The smallest absolute Gasteiger partial charge is 0.0844 e. The molecule has 0 unspecified atom stereocenters. The molecule has 0 saturated heterocycles. The molecular formula is C17H17BrN2. The Morgan fingerprint density at radius 1 is 1.20 bits per heavy atom. The highest BCUT2D eigenvalue weighted by molar-refractivity contribution is 9.10. The first-order valence-electron chi connectivity index (χ1n) is 6.69. The number of fused-ring (bicyclic) bond motifs is 1. The predicted octanol–water partition coefficient (Wildman–Crippen LogP) is 5.12. The first kappa shape index (κ1) is 13.4. The van der Waals surface area contributed by atoms with Crippen LogP contribution >= 0.6 is 15.9 Å². The second-order valence-electron chi connectivity index (χ2n) is 5.77. The van der Waals surface area contributed by atoms with E-state index in [1.165, 1.54) is 16.8 Å². The van der Waals surface area contributed by atoms with Crippen LogP contribution in [0.4, 0.5) is 5.69 Å². The summed E-state index contributed by atoms with van der Waals surface area (Å²) in [4.78, 5) is 4.46. The standard InChI is InChI=1S/C17H17BrN2/c1-11-10-17(2,3)20-15-7-6-12(9-13(11)15)16-14(18)5-4-8-19-16/h4-10,20H,1-3H3. The van der Waals surface area contributed by atoms with Crippen LogP contribution in [-0.4, -0.2) is 10.5 Å². The number of anilines is 1. The molecule has 2 aromatic rings. The topological polar surface area (TPSA) is 24.9 Å². The largest absolute Gasteiger partial charge is 0.376 e. The van der Waals surface area contributed by atoms with Crippen molar-refractivity contribution in [1.82, 2.24) is 4.98 Å². The second kappa shape index (κ2) is 4.74. The average Bonchev–Trinajstić information content (AvgIpc) is 2.38. The zero-order valence-corrected chi connectivity index (χ0v) is 13.5. The van der Waals surface area contributed by atoms with Gasteiger partial charge in [0.15, 0.2) is 0 Å². The van der Waals surface area contributed by atoms with Crippen molar-refractivity contribution in [3.63, 3.8) is 0 Å². The minimum Gasteiger partial charge on any atom is -0.376 e. The minimum absolute atomic E-state index is 0.00415. The normalized spacial score (nSPS) is 16.1. The number of nitrogens with one attached hydrogen (secondary N) is 1. The van der Waals surface area contributed by atoms with Gasteiger partial charge >= 0.3 is 0 Å². The first-order chi connectivity index (χ1) is 9.46. The van der Waals surface area contributed by atoms with Crippen LogP contribution in [0.15, 0.2) is 47.1 Å². The summed E-state index contributed by atoms with van der Waals surface area (Å²) in [5, 5.41) is 3.55. The number of pyridine rings is 1. The zero-order chi connectivity index (χ0) is 14.3. The van der Waals surface area contributed by atoms with Crippen molar-refractivity contribution in [3.05, 3.63) is 52.6 Å². The number of hydrogen-bond acceptors (Lipinski definition) is 2. The summed E-state index contributed by atoms with van der Waals surface area (Å²) < 4.78 is 1.02. The molecule has 3 rings (SSSR count). The highest BCUT2D eigenvalue weighted by Crippen LogP contribution is 2.37. The van der Waals surface area contributed by atoms with Gasteiger partial charge in [-0.2, -0.15) is 0 Å². The lowest BCUT2D eigenvalue weighted by atomic mass is 9.90. The van der Waals surface area contributed by atoms with Crippen LogP contribution in [0, 0.1) is 0 Å². The van der Waals surface area contributed by atoms with Crippen LogP contribution in [0.1, 0.15) is 26.3 Å². The summed E-state index contributed by atoms with van der Waals surface area (Å²) in [6.45, 7) is 6.53. The summed E-state index contributed by atoms with van der Waals surface area (Å²) >= 11 is 3.57. The van der Waals surface area contributed by atoms with E-state index < -0.39 is 0 Å². The highest BCUT2D eigenvalue weighted by atomic mass is 79.9. The quantitative estimate of drug-likeness (QED) is 0.785. The van der Waals surface area contributed by atoms with Gasteiger partial charge in [-0.15, -0.1) is 0 Å². The SMILES string of the molecule is CC1=CC(C)(C)Nc2ccc(-c3ncccc3Br)cc21. The number of allylic oxidation sites excluding steroid dienone is 1. The Morgan fingerprint density at radius 3 is 2.75 bits per heavy atom. The fourth-order valence-corrected chi connectivity index (χ4v) is 3.21. The molecule has 0 bridgehead atoms. The molecule has 0 fully saturated rings. The van der Waals surface area contributed by atoms with Gasteiger partial charge in [0.2, 0.25) is 0 Å². The predicted molar refractivity (Wildman–Crippen MR) is 88.7 cm³/mol. The summed E-state index contributed by atoms with van der Waals surface area (Å²) in [7, 11) is 0. The Morgan fingerprint density at radius 2 is 2.00 bits per heavy atom. The molecular weight excluding hydrogens is 312 g/mol. The van der Waals surface area contributed by atoms with Gasteiger partial charge in [0, 0.05) is 27.5 Å². The van der Waals surface area contributed by atoms with E-state index in [1.54, 1.807) is 0 Å². The third-order valence-corrected chi connectivity index (χ3v) is 4.15. The van der Waals surface area contributed by atoms with Gasteiger partial charge in [-0.05, 0) is 66.5 Å². The monoisotopic (exact) mass is 328 g/mol. The molecule has 1 aliphatic rings. The van der Waals surface area contributed by atoms with Crippen molar-refractivity contribution in [1.29, 1.82) is 0 Å². The molecule has 1 N–H and O–H groups in total. The van der Waals surface area contributed by atoms with E-state index in [2.05, 4.69) is 71.3 Å². The molecule has 0 amide bonds. The lowest BCUT2D eigenvalue weighted by molar-refractivity contribution is 0.707. The van der Waals surface area contributed by atoms with E-state index in [1.807, 2.05) is 18.3 Å². The molecule has 0 atom stereocenters. The van der Waals surface area contributed by atoms with Crippen LogP contribution in [0.3, 0.4) is 0 Å². The van der Waals surface area contributed by atoms with Crippen LogP contribution in [-0.2, 0) is 0 Å². The lowest BCUT2D eigenvalue weighted by Gasteiger charge is -2.31. The fraction of sp³-hybridized carbons (Fsp3) is 0.235. The van der Waals surface area contributed by atoms with Crippen molar-refractivity contribution in [2.75, 3.05) is 5.32 Å². The fourth-order valence-electron chi connectivity index (χ4n) is 2.73. The number of halogens is 1. The summed E-state index contributed by atoms with van der Waals surface area (Å²) in [5.74, 6) is 0. The van der Waals surface area contributed by atoms with E-state index >= 15 is 0 Å². The summed E-state index contributed by atoms with van der Waals surface area (Å²) in [6.07, 6.45) is 4.09. The van der Waals surface area contributed by atoms with Crippen molar-refractivity contribution in [2.24, 2.45) is 0 Å². The van der Waals surface area contributed by atoms with Gasteiger partial charge in [-0.25, -0.2) is 0 Å². The van der Waals surface area contributed by atoms with E-state index in [4.69, 9.17) is 0 Å². The highest BCUT2D eigenvalue weighted by Gasteiger charge is 2.22. The third kappa shape index (κ3) is 2.38. The number of rotatable bonds is 1. The lowest BCUT2D eigenvalue weighted by Crippen LogP contribution is -2.31. The number of benzene rings is 1. The van der Waals surface area contributed by atoms with Crippen LogP contribution in [0.5, 0.6) is 0 Å². The van der Waals surface area contributed by atoms with E-state index in [-0.39, 0.29) is 5.54 Å². The van der Waals surface area contributed by atoms with Gasteiger partial charge < -0.3 is 5.32 Å². The van der Waals surface area contributed by atoms with Gasteiger partial charge in [0.05, 0.1) is 11.2 Å².